The van der Waals surface area contributed by atoms with E-state index in [4.69, 9.17) is 21.8 Å². The fraction of sp³-hybridized carbons (Fsp3) is 0.0588. The maximum absolute atomic E-state index is 11.7. The molecule has 0 spiro atoms. The number of benzene rings is 2. The number of carbonyl (C=O) groups is 1. The van der Waals surface area contributed by atoms with Gasteiger partial charge in [-0.15, -0.1) is 0 Å². The first-order chi connectivity index (χ1) is 10.5. The Balaban J connectivity index is 2.32. The molecule has 2 N–H and O–H groups in total. The third-order valence-electron chi connectivity index (χ3n) is 3.31. The number of aryl methyl sites for hydroxylation is 1. The number of hydrogen-bond donors (Lipinski definition) is 1. The van der Waals surface area contributed by atoms with Gasteiger partial charge in [0, 0.05) is 10.4 Å². The Morgan fingerprint density at radius 3 is 2.68 bits per heavy atom. The number of primary amides is 1. The second-order valence-electron chi connectivity index (χ2n) is 4.91. The predicted octanol–water partition coefficient (Wildman–Crippen LogP) is 3.73. The molecule has 3 rings (SSSR count). The van der Waals surface area contributed by atoms with E-state index in [0.29, 0.717) is 16.0 Å². The van der Waals surface area contributed by atoms with Gasteiger partial charge in [-0.05, 0) is 42.8 Å². The standard InChI is InChI=1S/C17H13ClN2O2/c1-10-4-2-3-5-14(10)20-17-13(16(19)21)9-11-8-12(18)6-7-15(11)22-17/h2-9H,1H3,(H2,19,21). The van der Waals surface area contributed by atoms with E-state index in [1.54, 1.807) is 24.3 Å². The normalized spacial score (nSPS) is 11.8. The van der Waals surface area contributed by atoms with Crippen molar-refractivity contribution in [2.75, 3.05) is 0 Å². The molecule has 2 aromatic carbocycles. The zero-order valence-electron chi connectivity index (χ0n) is 11.8. The summed E-state index contributed by atoms with van der Waals surface area (Å²) in [7, 11) is 0. The molecule has 3 aromatic rings. The molecule has 0 unspecified atom stereocenters. The van der Waals surface area contributed by atoms with Gasteiger partial charge in [-0.2, -0.15) is 0 Å². The van der Waals surface area contributed by atoms with E-state index in [-0.39, 0.29) is 11.1 Å². The average Bonchev–Trinajstić information content (AvgIpc) is 2.49. The minimum Gasteiger partial charge on any atom is -0.438 e. The van der Waals surface area contributed by atoms with Gasteiger partial charge in [0.25, 0.3) is 5.91 Å². The van der Waals surface area contributed by atoms with Gasteiger partial charge in [-0.1, -0.05) is 29.8 Å². The van der Waals surface area contributed by atoms with Gasteiger partial charge in [0.05, 0.1) is 5.69 Å². The zero-order valence-corrected chi connectivity index (χ0v) is 12.6. The van der Waals surface area contributed by atoms with Crippen LogP contribution in [0.2, 0.25) is 5.02 Å². The lowest BCUT2D eigenvalue weighted by Crippen LogP contribution is -2.21. The van der Waals surface area contributed by atoms with Gasteiger partial charge in [0.1, 0.15) is 11.1 Å². The van der Waals surface area contributed by atoms with Crippen molar-refractivity contribution < 1.29 is 9.21 Å². The Labute approximate surface area is 131 Å². The number of para-hydroxylation sites is 1. The quantitative estimate of drug-likeness (QED) is 0.783. The van der Waals surface area contributed by atoms with Crippen molar-refractivity contribution in [1.82, 2.24) is 0 Å². The van der Waals surface area contributed by atoms with Crippen LogP contribution >= 0.6 is 11.6 Å². The monoisotopic (exact) mass is 312 g/mol. The summed E-state index contributed by atoms with van der Waals surface area (Å²) < 4.78 is 5.74. The van der Waals surface area contributed by atoms with Crippen molar-refractivity contribution in [3.63, 3.8) is 0 Å². The van der Waals surface area contributed by atoms with Gasteiger partial charge in [0.15, 0.2) is 0 Å². The molecule has 5 heteroatoms. The Morgan fingerprint density at radius 1 is 1.18 bits per heavy atom. The number of rotatable bonds is 2. The minimum atomic E-state index is -0.599. The summed E-state index contributed by atoms with van der Waals surface area (Å²) >= 11 is 5.96. The van der Waals surface area contributed by atoms with Crippen LogP contribution in [0.3, 0.4) is 0 Å². The van der Waals surface area contributed by atoms with Gasteiger partial charge in [-0.3, -0.25) is 4.79 Å². The first-order valence-electron chi connectivity index (χ1n) is 6.68. The number of carbonyl (C=O) groups excluding carboxylic acids is 1. The fourth-order valence-electron chi connectivity index (χ4n) is 2.16. The lowest BCUT2D eigenvalue weighted by atomic mass is 10.1. The Morgan fingerprint density at radius 2 is 1.95 bits per heavy atom. The summed E-state index contributed by atoms with van der Waals surface area (Å²) in [5.41, 5.74) is 8.14. The fourth-order valence-corrected chi connectivity index (χ4v) is 2.34. The maximum Gasteiger partial charge on any atom is 0.254 e. The topological polar surface area (TPSA) is 68.6 Å². The summed E-state index contributed by atoms with van der Waals surface area (Å²) in [5.74, 6) is -0.599. The van der Waals surface area contributed by atoms with Crippen LogP contribution < -0.4 is 11.3 Å². The minimum absolute atomic E-state index is 0.191. The lowest BCUT2D eigenvalue weighted by Gasteiger charge is -2.03. The first kappa shape index (κ1) is 14.4. The van der Waals surface area contributed by atoms with Crippen LogP contribution in [0.1, 0.15) is 15.9 Å². The number of halogens is 1. The zero-order chi connectivity index (χ0) is 15.7. The molecule has 0 fully saturated rings. The predicted molar refractivity (Wildman–Crippen MR) is 86.1 cm³/mol. The summed E-state index contributed by atoms with van der Waals surface area (Å²) in [6, 6.07) is 14.4. The van der Waals surface area contributed by atoms with Crippen molar-refractivity contribution >= 4 is 34.2 Å². The summed E-state index contributed by atoms with van der Waals surface area (Å²) in [6.45, 7) is 1.93. The van der Waals surface area contributed by atoms with Crippen LogP contribution in [-0.4, -0.2) is 5.91 Å². The summed E-state index contributed by atoms with van der Waals surface area (Å²) in [6.07, 6.45) is 0. The number of nitrogens with two attached hydrogens (primary N) is 1. The molecule has 0 radical (unpaired) electrons. The van der Waals surface area contributed by atoms with E-state index in [1.807, 2.05) is 31.2 Å². The van der Waals surface area contributed by atoms with Crippen LogP contribution in [0.25, 0.3) is 11.0 Å². The summed E-state index contributed by atoms with van der Waals surface area (Å²) in [4.78, 5) is 16.1. The van der Waals surface area contributed by atoms with Crippen LogP contribution in [0, 0.1) is 6.92 Å². The highest BCUT2D eigenvalue weighted by molar-refractivity contribution is 6.31. The van der Waals surface area contributed by atoms with Gasteiger partial charge in [-0.25, -0.2) is 4.99 Å². The smallest absolute Gasteiger partial charge is 0.254 e. The van der Waals surface area contributed by atoms with Crippen molar-refractivity contribution in [1.29, 1.82) is 0 Å². The third-order valence-corrected chi connectivity index (χ3v) is 3.55. The molecule has 1 heterocycles. The number of fused-ring (bicyclic) bond motifs is 1. The average molecular weight is 313 g/mol. The highest BCUT2D eigenvalue weighted by Gasteiger charge is 2.10. The molecule has 0 atom stereocenters. The summed E-state index contributed by atoms with van der Waals surface area (Å²) in [5, 5.41) is 1.26. The number of amides is 1. The molecule has 110 valence electrons. The molecule has 1 aromatic heterocycles. The number of hydrogen-bond acceptors (Lipinski definition) is 3. The van der Waals surface area contributed by atoms with Crippen LogP contribution in [0.15, 0.2) is 57.9 Å². The van der Waals surface area contributed by atoms with Gasteiger partial charge < -0.3 is 10.2 Å². The molecular formula is C17H13ClN2O2. The SMILES string of the molecule is Cc1ccccc1N=c1oc2ccc(Cl)cc2cc1C(N)=O. The largest absolute Gasteiger partial charge is 0.438 e. The van der Waals surface area contributed by atoms with Crippen molar-refractivity contribution in [3.05, 3.63) is 70.2 Å². The molecule has 1 amide bonds. The lowest BCUT2D eigenvalue weighted by molar-refractivity contribution is 0.0996. The van der Waals surface area contributed by atoms with Crippen LogP contribution in [0.4, 0.5) is 5.69 Å². The highest BCUT2D eigenvalue weighted by Crippen LogP contribution is 2.20. The van der Waals surface area contributed by atoms with E-state index in [1.165, 1.54) is 0 Å². The van der Waals surface area contributed by atoms with E-state index >= 15 is 0 Å². The highest BCUT2D eigenvalue weighted by atomic mass is 35.5. The van der Waals surface area contributed by atoms with Crippen molar-refractivity contribution in [2.24, 2.45) is 10.7 Å². The molecular weight excluding hydrogens is 300 g/mol. The molecule has 0 aliphatic rings. The third kappa shape index (κ3) is 2.73. The Kier molecular flexibility index (Phi) is 3.69. The molecule has 0 aliphatic carbocycles. The van der Waals surface area contributed by atoms with E-state index in [0.717, 1.165) is 11.3 Å². The molecule has 0 saturated heterocycles. The van der Waals surface area contributed by atoms with Crippen molar-refractivity contribution in [3.8, 4) is 0 Å². The maximum atomic E-state index is 11.7. The molecule has 0 saturated carbocycles. The van der Waals surface area contributed by atoms with Crippen LogP contribution in [0.5, 0.6) is 0 Å². The first-order valence-corrected chi connectivity index (χ1v) is 7.06. The molecule has 0 aliphatic heterocycles. The Bertz CT molecular complexity index is 945. The van der Waals surface area contributed by atoms with Gasteiger partial charge >= 0.3 is 0 Å². The molecule has 22 heavy (non-hydrogen) atoms. The molecule has 4 nitrogen and oxygen atoms in total. The van der Waals surface area contributed by atoms with Crippen molar-refractivity contribution in [2.45, 2.75) is 6.92 Å². The second-order valence-corrected chi connectivity index (χ2v) is 5.35. The van der Waals surface area contributed by atoms with E-state index in [9.17, 15) is 4.79 Å². The van der Waals surface area contributed by atoms with Gasteiger partial charge in [0.2, 0.25) is 5.55 Å². The molecule has 0 bridgehead atoms. The van der Waals surface area contributed by atoms with E-state index < -0.39 is 5.91 Å². The van der Waals surface area contributed by atoms with Crippen LogP contribution in [-0.2, 0) is 0 Å². The van der Waals surface area contributed by atoms with E-state index in [2.05, 4.69) is 4.99 Å². The Hall–Kier alpha value is -2.59. The second kappa shape index (κ2) is 5.66. The number of nitrogens with zero attached hydrogens (tertiary/aromatic N) is 1.